The molecule has 2 aromatic rings. The predicted molar refractivity (Wildman–Crippen MR) is 89.8 cm³/mol. The fourth-order valence-corrected chi connectivity index (χ4v) is 3.13. The summed E-state index contributed by atoms with van der Waals surface area (Å²) in [6.07, 6.45) is 0. The summed E-state index contributed by atoms with van der Waals surface area (Å²) in [7, 11) is 3.62. The average Bonchev–Trinajstić information content (AvgIpc) is 2.42. The molecule has 0 amide bonds. The minimum absolute atomic E-state index is 0.0332. The van der Waals surface area contributed by atoms with Crippen molar-refractivity contribution in [1.29, 1.82) is 0 Å². The molecule has 0 radical (unpaired) electrons. The van der Waals surface area contributed by atoms with Gasteiger partial charge in [-0.05, 0) is 67.4 Å². The van der Waals surface area contributed by atoms with Crippen LogP contribution in [0.3, 0.4) is 0 Å². The molecule has 1 unspecified atom stereocenters. The van der Waals surface area contributed by atoms with Crippen LogP contribution in [0.1, 0.15) is 28.3 Å². The highest BCUT2D eigenvalue weighted by molar-refractivity contribution is 6.34. The highest BCUT2D eigenvalue weighted by Crippen LogP contribution is 2.32. The van der Waals surface area contributed by atoms with E-state index in [9.17, 15) is 0 Å². The Labute approximate surface area is 136 Å². The summed E-state index contributed by atoms with van der Waals surface area (Å²) in [6, 6.07) is 9.85. The maximum Gasteiger partial charge on any atom is 0.122 e. The van der Waals surface area contributed by atoms with E-state index in [0.29, 0.717) is 10.0 Å². The lowest BCUT2D eigenvalue weighted by Crippen LogP contribution is -2.19. The lowest BCUT2D eigenvalue weighted by Gasteiger charge is -2.21. The molecule has 0 saturated heterocycles. The first kappa shape index (κ1) is 16.2. The third-order valence-electron chi connectivity index (χ3n) is 3.60. The summed E-state index contributed by atoms with van der Waals surface area (Å²) in [5.41, 5.74) is 4.50. The number of ether oxygens (including phenoxy) is 1. The number of nitrogens with one attached hydrogen (secondary N) is 1. The number of methoxy groups -OCH3 is 1. The third kappa shape index (κ3) is 3.52. The summed E-state index contributed by atoms with van der Waals surface area (Å²) in [5, 5.41) is 4.62. The number of benzene rings is 2. The van der Waals surface area contributed by atoms with Crippen LogP contribution in [-0.2, 0) is 0 Å². The van der Waals surface area contributed by atoms with Gasteiger partial charge in [0.2, 0.25) is 0 Å². The molecule has 2 aromatic carbocycles. The SMILES string of the molecule is CNC(c1cc(Cl)cc(Cl)c1)c1cc(C)c(OC)cc1C. The molecule has 112 valence electrons. The molecule has 0 saturated carbocycles. The van der Waals surface area contributed by atoms with Crippen molar-refractivity contribution in [3.63, 3.8) is 0 Å². The van der Waals surface area contributed by atoms with Gasteiger partial charge in [0.1, 0.15) is 5.75 Å². The van der Waals surface area contributed by atoms with E-state index in [-0.39, 0.29) is 6.04 Å². The Balaban J connectivity index is 2.53. The molecule has 4 heteroatoms. The van der Waals surface area contributed by atoms with E-state index < -0.39 is 0 Å². The number of hydrogen-bond acceptors (Lipinski definition) is 2. The van der Waals surface area contributed by atoms with Gasteiger partial charge in [0.25, 0.3) is 0 Å². The highest BCUT2D eigenvalue weighted by atomic mass is 35.5. The molecular formula is C17H19Cl2NO. The first-order valence-corrected chi connectivity index (χ1v) is 7.50. The average molecular weight is 324 g/mol. The predicted octanol–water partition coefficient (Wildman–Crippen LogP) is 4.93. The summed E-state index contributed by atoms with van der Waals surface area (Å²) >= 11 is 12.3. The van der Waals surface area contributed by atoms with E-state index in [1.165, 1.54) is 5.56 Å². The van der Waals surface area contributed by atoms with Gasteiger partial charge in [-0.3, -0.25) is 0 Å². The first-order chi connectivity index (χ1) is 9.96. The van der Waals surface area contributed by atoms with E-state index in [4.69, 9.17) is 27.9 Å². The zero-order valence-electron chi connectivity index (χ0n) is 12.6. The summed E-state index contributed by atoms with van der Waals surface area (Å²) < 4.78 is 5.38. The maximum atomic E-state index is 6.13. The largest absolute Gasteiger partial charge is 0.496 e. The fourth-order valence-electron chi connectivity index (χ4n) is 2.59. The van der Waals surface area contributed by atoms with Gasteiger partial charge in [-0.25, -0.2) is 0 Å². The standard InChI is InChI=1S/C17H19Cl2NO/c1-10-6-16(21-4)11(2)5-15(10)17(20-3)12-7-13(18)9-14(19)8-12/h5-9,17,20H,1-4H3. The second-order valence-corrected chi connectivity index (χ2v) is 5.98. The van der Waals surface area contributed by atoms with Gasteiger partial charge in [-0.2, -0.15) is 0 Å². The van der Waals surface area contributed by atoms with E-state index in [2.05, 4.69) is 24.4 Å². The molecule has 21 heavy (non-hydrogen) atoms. The molecule has 0 fully saturated rings. The second-order valence-electron chi connectivity index (χ2n) is 5.10. The van der Waals surface area contributed by atoms with Gasteiger partial charge in [0.15, 0.2) is 0 Å². The Morgan fingerprint density at radius 2 is 1.57 bits per heavy atom. The molecule has 1 atom stereocenters. The van der Waals surface area contributed by atoms with E-state index in [1.54, 1.807) is 13.2 Å². The minimum Gasteiger partial charge on any atom is -0.496 e. The van der Waals surface area contributed by atoms with Crippen molar-refractivity contribution in [2.24, 2.45) is 0 Å². The summed E-state index contributed by atoms with van der Waals surface area (Å²) in [6.45, 7) is 4.12. The lowest BCUT2D eigenvalue weighted by atomic mass is 9.93. The minimum atomic E-state index is 0.0332. The summed E-state index contributed by atoms with van der Waals surface area (Å²) in [4.78, 5) is 0. The van der Waals surface area contributed by atoms with Crippen LogP contribution in [0.2, 0.25) is 10.0 Å². The molecular weight excluding hydrogens is 305 g/mol. The van der Waals surface area contributed by atoms with Crippen LogP contribution in [0.25, 0.3) is 0 Å². The Hall–Kier alpha value is -1.22. The third-order valence-corrected chi connectivity index (χ3v) is 4.04. The van der Waals surface area contributed by atoms with Crippen LogP contribution in [0.15, 0.2) is 30.3 Å². The number of rotatable bonds is 4. The van der Waals surface area contributed by atoms with Gasteiger partial charge < -0.3 is 10.1 Å². The van der Waals surface area contributed by atoms with Crippen molar-refractivity contribution >= 4 is 23.2 Å². The van der Waals surface area contributed by atoms with Crippen molar-refractivity contribution in [2.75, 3.05) is 14.2 Å². The van der Waals surface area contributed by atoms with Crippen LogP contribution >= 0.6 is 23.2 Å². The molecule has 2 nitrogen and oxygen atoms in total. The van der Waals surface area contributed by atoms with Crippen molar-refractivity contribution in [2.45, 2.75) is 19.9 Å². The molecule has 1 N–H and O–H groups in total. The smallest absolute Gasteiger partial charge is 0.122 e. The van der Waals surface area contributed by atoms with Crippen molar-refractivity contribution in [3.05, 3.63) is 62.6 Å². The van der Waals surface area contributed by atoms with Crippen LogP contribution in [0.4, 0.5) is 0 Å². The van der Waals surface area contributed by atoms with Gasteiger partial charge in [0.05, 0.1) is 13.2 Å². The molecule has 2 rings (SSSR count). The molecule has 0 aromatic heterocycles. The van der Waals surface area contributed by atoms with Gasteiger partial charge in [0, 0.05) is 10.0 Å². The van der Waals surface area contributed by atoms with Crippen molar-refractivity contribution in [1.82, 2.24) is 5.32 Å². The van der Waals surface area contributed by atoms with Gasteiger partial charge >= 0.3 is 0 Å². The number of halogens is 2. The molecule has 0 aliphatic carbocycles. The number of hydrogen-bond donors (Lipinski definition) is 1. The number of aryl methyl sites for hydroxylation is 2. The van der Waals surface area contributed by atoms with Crippen LogP contribution in [0.5, 0.6) is 5.75 Å². The normalized spacial score (nSPS) is 12.3. The van der Waals surface area contributed by atoms with E-state index >= 15 is 0 Å². The fraction of sp³-hybridized carbons (Fsp3) is 0.294. The Morgan fingerprint density at radius 3 is 2.10 bits per heavy atom. The molecule has 0 bridgehead atoms. The first-order valence-electron chi connectivity index (χ1n) is 6.74. The Bertz CT molecular complexity index is 635. The van der Waals surface area contributed by atoms with Gasteiger partial charge in [-0.1, -0.05) is 29.3 Å². The van der Waals surface area contributed by atoms with Gasteiger partial charge in [-0.15, -0.1) is 0 Å². The van der Waals surface area contributed by atoms with Crippen LogP contribution < -0.4 is 10.1 Å². The Morgan fingerprint density at radius 1 is 0.952 bits per heavy atom. The second kappa shape index (κ2) is 6.69. The molecule has 0 aliphatic heterocycles. The van der Waals surface area contributed by atoms with Crippen LogP contribution in [-0.4, -0.2) is 14.2 Å². The quantitative estimate of drug-likeness (QED) is 0.861. The van der Waals surface area contributed by atoms with E-state index in [1.807, 2.05) is 26.1 Å². The van der Waals surface area contributed by atoms with Crippen LogP contribution in [0, 0.1) is 13.8 Å². The topological polar surface area (TPSA) is 21.3 Å². The monoisotopic (exact) mass is 323 g/mol. The highest BCUT2D eigenvalue weighted by Gasteiger charge is 2.17. The van der Waals surface area contributed by atoms with Crippen molar-refractivity contribution < 1.29 is 4.74 Å². The molecule has 0 heterocycles. The lowest BCUT2D eigenvalue weighted by molar-refractivity contribution is 0.411. The zero-order chi connectivity index (χ0) is 15.6. The van der Waals surface area contributed by atoms with Crippen molar-refractivity contribution in [3.8, 4) is 5.75 Å². The zero-order valence-corrected chi connectivity index (χ0v) is 14.1. The molecule has 0 aliphatic rings. The molecule has 0 spiro atoms. The Kier molecular flexibility index (Phi) is 5.15. The van der Waals surface area contributed by atoms with E-state index in [0.717, 1.165) is 22.4 Å². The maximum absolute atomic E-state index is 6.13. The summed E-state index contributed by atoms with van der Waals surface area (Å²) in [5.74, 6) is 0.898.